The molecular formula is C18H19F2NO. The maximum Gasteiger partial charge on any atom is 0.227 e. The standard InChI is InChI=1S/C18H19F2NO/c1-12-4-6-14(7-5-12)10-18(22)21(3)13(2)15-8-9-16(19)17(20)11-15/h4-9,11,13H,10H2,1-3H3. The highest BCUT2D eigenvalue weighted by atomic mass is 19.2. The summed E-state index contributed by atoms with van der Waals surface area (Å²) < 4.78 is 26.3. The van der Waals surface area contributed by atoms with Crippen LogP contribution >= 0.6 is 0 Å². The fourth-order valence-corrected chi connectivity index (χ4v) is 2.22. The molecule has 116 valence electrons. The van der Waals surface area contributed by atoms with E-state index < -0.39 is 11.6 Å². The Kier molecular flexibility index (Phi) is 4.91. The van der Waals surface area contributed by atoms with Gasteiger partial charge < -0.3 is 4.90 Å². The molecule has 0 aliphatic heterocycles. The van der Waals surface area contributed by atoms with Crippen molar-refractivity contribution in [1.82, 2.24) is 4.90 Å². The van der Waals surface area contributed by atoms with Gasteiger partial charge in [0.05, 0.1) is 12.5 Å². The number of carbonyl (C=O) groups excluding carboxylic acids is 1. The lowest BCUT2D eigenvalue weighted by Gasteiger charge is -2.25. The normalized spacial score (nSPS) is 12.0. The number of carbonyl (C=O) groups is 1. The minimum atomic E-state index is -0.899. The SMILES string of the molecule is Cc1ccc(CC(=O)N(C)C(C)c2ccc(F)c(F)c2)cc1. The van der Waals surface area contributed by atoms with Gasteiger partial charge in [-0.2, -0.15) is 0 Å². The van der Waals surface area contributed by atoms with Crippen LogP contribution in [0.4, 0.5) is 8.78 Å². The number of likely N-dealkylation sites (N-methyl/N-ethyl adjacent to an activating group) is 1. The Labute approximate surface area is 129 Å². The van der Waals surface area contributed by atoms with E-state index in [1.807, 2.05) is 31.2 Å². The van der Waals surface area contributed by atoms with E-state index in [-0.39, 0.29) is 18.4 Å². The monoisotopic (exact) mass is 303 g/mol. The van der Waals surface area contributed by atoms with Crippen molar-refractivity contribution in [1.29, 1.82) is 0 Å². The van der Waals surface area contributed by atoms with Crippen molar-refractivity contribution < 1.29 is 13.6 Å². The van der Waals surface area contributed by atoms with Gasteiger partial charge >= 0.3 is 0 Å². The summed E-state index contributed by atoms with van der Waals surface area (Å²) in [5, 5.41) is 0. The molecular weight excluding hydrogens is 284 g/mol. The summed E-state index contributed by atoms with van der Waals surface area (Å²) in [6, 6.07) is 11.1. The fraction of sp³-hybridized carbons (Fsp3) is 0.278. The van der Waals surface area contributed by atoms with E-state index in [0.717, 1.165) is 23.3 Å². The van der Waals surface area contributed by atoms with E-state index in [2.05, 4.69) is 0 Å². The molecule has 0 bridgehead atoms. The molecule has 0 spiro atoms. The summed E-state index contributed by atoms with van der Waals surface area (Å²) in [6.07, 6.45) is 0.283. The quantitative estimate of drug-likeness (QED) is 0.835. The van der Waals surface area contributed by atoms with Gasteiger partial charge in [-0.05, 0) is 37.1 Å². The molecule has 0 aliphatic carbocycles. The fourth-order valence-electron chi connectivity index (χ4n) is 2.22. The first-order valence-electron chi connectivity index (χ1n) is 7.14. The van der Waals surface area contributed by atoms with Crippen LogP contribution in [0.15, 0.2) is 42.5 Å². The lowest BCUT2D eigenvalue weighted by molar-refractivity contribution is -0.131. The molecule has 2 rings (SSSR count). The van der Waals surface area contributed by atoms with E-state index in [4.69, 9.17) is 0 Å². The van der Waals surface area contributed by atoms with Crippen LogP contribution in [0.2, 0.25) is 0 Å². The molecule has 2 nitrogen and oxygen atoms in total. The Hall–Kier alpha value is -2.23. The minimum Gasteiger partial charge on any atom is -0.339 e. The number of hydrogen-bond donors (Lipinski definition) is 0. The van der Waals surface area contributed by atoms with Crippen LogP contribution in [0, 0.1) is 18.6 Å². The third-order valence-electron chi connectivity index (χ3n) is 3.88. The molecule has 0 N–H and O–H groups in total. The molecule has 0 aromatic heterocycles. The molecule has 0 heterocycles. The maximum absolute atomic E-state index is 13.3. The lowest BCUT2D eigenvalue weighted by atomic mass is 10.1. The summed E-state index contributed by atoms with van der Waals surface area (Å²) in [5.74, 6) is -1.85. The second-order valence-corrected chi connectivity index (χ2v) is 5.52. The Bertz CT molecular complexity index is 667. The molecule has 22 heavy (non-hydrogen) atoms. The zero-order valence-electron chi connectivity index (χ0n) is 12.9. The Morgan fingerprint density at radius 1 is 1.09 bits per heavy atom. The topological polar surface area (TPSA) is 20.3 Å². The number of rotatable bonds is 4. The van der Waals surface area contributed by atoms with Crippen molar-refractivity contribution in [3.63, 3.8) is 0 Å². The highest BCUT2D eigenvalue weighted by molar-refractivity contribution is 5.79. The first kappa shape index (κ1) is 16.1. The number of hydrogen-bond acceptors (Lipinski definition) is 1. The molecule has 0 fully saturated rings. The van der Waals surface area contributed by atoms with Gasteiger partial charge in [0.1, 0.15) is 0 Å². The molecule has 0 radical (unpaired) electrons. The molecule has 2 aromatic rings. The Balaban J connectivity index is 2.08. The predicted molar refractivity (Wildman–Crippen MR) is 82.4 cm³/mol. The maximum atomic E-state index is 13.3. The first-order valence-corrected chi connectivity index (χ1v) is 7.14. The summed E-state index contributed by atoms with van der Waals surface area (Å²) in [5.41, 5.74) is 2.64. The van der Waals surface area contributed by atoms with Crippen molar-refractivity contribution in [3.8, 4) is 0 Å². The van der Waals surface area contributed by atoms with Crippen molar-refractivity contribution in [3.05, 3.63) is 70.8 Å². The summed E-state index contributed by atoms with van der Waals surface area (Å²) >= 11 is 0. The van der Waals surface area contributed by atoms with E-state index in [1.54, 1.807) is 18.9 Å². The van der Waals surface area contributed by atoms with E-state index in [9.17, 15) is 13.6 Å². The second-order valence-electron chi connectivity index (χ2n) is 5.52. The van der Waals surface area contributed by atoms with Crippen LogP contribution < -0.4 is 0 Å². The molecule has 1 amide bonds. The van der Waals surface area contributed by atoms with Crippen LogP contribution in [0.25, 0.3) is 0 Å². The van der Waals surface area contributed by atoms with Gasteiger partial charge in [0.2, 0.25) is 5.91 Å². The van der Waals surface area contributed by atoms with Crippen molar-refractivity contribution in [2.24, 2.45) is 0 Å². The summed E-state index contributed by atoms with van der Waals surface area (Å²) in [7, 11) is 1.67. The molecule has 2 aromatic carbocycles. The van der Waals surface area contributed by atoms with Crippen molar-refractivity contribution >= 4 is 5.91 Å². The van der Waals surface area contributed by atoms with Gasteiger partial charge in [-0.15, -0.1) is 0 Å². The van der Waals surface area contributed by atoms with Gasteiger partial charge in [0, 0.05) is 7.05 Å². The first-order chi connectivity index (χ1) is 10.4. The molecule has 1 atom stereocenters. The second kappa shape index (κ2) is 6.69. The Morgan fingerprint density at radius 3 is 2.32 bits per heavy atom. The molecule has 1 unspecified atom stereocenters. The predicted octanol–water partition coefficient (Wildman–Crippen LogP) is 4.04. The zero-order chi connectivity index (χ0) is 16.3. The molecule has 4 heteroatoms. The van der Waals surface area contributed by atoms with Crippen molar-refractivity contribution in [2.45, 2.75) is 26.3 Å². The number of halogens is 2. The Morgan fingerprint density at radius 2 is 1.73 bits per heavy atom. The van der Waals surface area contributed by atoms with Gasteiger partial charge in [0.25, 0.3) is 0 Å². The van der Waals surface area contributed by atoms with Crippen LogP contribution in [0.5, 0.6) is 0 Å². The average molecular weight is 303 g/mol. The summed E-state index contributed by atoms with van der Waals surface area (Å²) in [4.78, 5) is 13.9. The van der Waals surface area contributed by atoms with E-state index in [1.165, 1.54) is 6.07 Å². The van der Waals surface area contributed by atoms with Crippen molar-refractivity contribution in [2.75, 3.05) is 7.05 Å². The largest absolute Gasteiger partial charge is 0.339 e. The van der Waals surface area contributed by atoms with Crippen LogP contribution in [-0.4, -0.2) is 17.9 Å². The van der Waals surface area contributed by atoms with E-state index in [0.29, 0.717) is 5.56 Å². The summed E-state index contributed by atoms with van der Waals surface area (Å²) in [6.45, 7) is 3.78. The van der Waals surface area contributed by atoms with Crippen LogP contribution in [0.3, 0.4) is 0 Å². The van der Waals surface area contributed by atoms with Gasteiger partial charge in [-0.1, -0.05) is 35.9 Å². The van der Waals surface area contributed by atoms with Gasteiger partial charge in [0.15, 0.2) is 11.6 Å². The van der Waals surface area contributed by atoms with Crippen LogP contribution in [0.1, 0.15) is 29.7 Å². The minimum absolute atomic E-state index is 0.0684. The highest BCUT2D eigenvalue weighted by Gasteiger charge is 2.18. The van der Waals surface area contributed by atoms with Gasteiger partial charge in [-0.25, -0.2) is 8.78 Å². The third-order valence-corrected chi connectivity index (χ3v) is 3.88. The number of benzene rings is 2. The number of nitrogens with zero attached hydrogens (tertiary/aromatic N) is 1. The molecule has 0 saturated heterocycles. The molecule has 0 aliphatic rings. The average Bonchev–Trinajstić information content (AvgIpc) is 2.50. The zero-order valence-corrected chi connectivity index (χ0v) is 12.9. The smallest absolute Gasteiger partial charge is 0.227 e. The lowest BCUT2D eigenvalue weighted by Crippen LogP contribution is -2.31. The molecule has 0 saturated carbocycles. The van der Waals surface area contributed by atoms with E-state index >= 15 is 0 Å². The van der Waals surface area contributed by atoms with Crippen LogP contribution in [-0.2, 0) is 11.2 Å². The number of amides is 1. The highest BCUT2D eigenvalue weighted by Crippen LogP contribution is 2.21. The third kappa shape index (κ3) is 3.70. The number of aryl methyl sites for hydroxylation is 1. The van der Waals surface area contributed by atoms with Gasteiger partial charge in [-0.3, -0.25) is 4.79 Å².